The lowest BCUT2D eigenvalue weighted by atomic mass is 10.1. The van der Waals surface area contributed by atoms with Crippen molar-refractivity contribution in [3.63, 3.8) is 0 Å². The van der Waals surface area contributed by atoms with E-state index in [1.165, 1.54) is 12.8 Å². The summed E-state index contributed by atoms with van der Waals surface area (Å²) in [4.78, 5) is 19.2. The number of hydrogen-bond donors (Lipinski definition) is 3. The maximum absolute atomic E-state index is 9.55. The first-order chi connectivity index (χ1) is 15.0. The van der Waals surface area contributed by atoms with Gasteiger partial charge < -0.3 is 15.7 Å². The van der Waals surface area contributed by atoms with Gasteiger partial charge in [-0.15, -0.1) is 11.3 Å². The summed E-state index contributed by atoms with van der Waals surface area (Å²) in [6.07, 6.45) is 5.63. The van der Waals surface area contributed by atoms with Gasteiger partial charge in [0.1, 0.15) is 10.8 Å². The first kappa shape index (κ1) is 20.6. The normalized spacial score (nSPS) is 21.0. The van der Waals surface area contributed by atoms with Crippen molar-refractivity contribution in [1.82, 2.24) is 19.9 Å². The van der Waals surface area contributed by atoms with Crippen LogP contribution in [0, 0.1) is 32.6 Å². The fraction of sp³-hybridized carbons (Fsp3) is 0.565. The van der Waals surface area contributed by atoms with Gasteiger partial charge in [0, 0.05) is 24.9 Å². The van der Waals surface area contributed by atoms with Crippen LogP contribution in [-0.4, -0.2) is 44.2 Å². The van der Waals surface area contributed by atoms with E-state index < -0.39 is 0 Å². The molecule has 0 aliphatic heterocycles. The number of rotatable bonds is 7. The van der Waals surface area contributed by atoms with Crippen molar-refractivity contribution in [2.24, 2.45) is 11.8 Å². The molecule has 7 nitrogen and oxygen atoms in total. The summed E-state index contributed by atoms with van der Waals surface area (Å²) in [5, 5.41) is 17.6. The minimum Gasteiger partial charge on any atom is -0.396 e. The highest BCUT2D eigenvalue weighted by Gasteiger charge is 2.27. The second-order valence-electron chi connectivity index (χ2n) is 9.10. The number of nitrogens with one attached hydrogen (secondary N) is 2. The average molecular weight is 439 g/mol. The van der Waals surface area contributed by atoms with Gasteiger partial charge in [0.05, 0.1) is 27.2 Å². The Hall–Kier alpha value is -2.32. The van der Waals surface area contributed by atoms with Gasteiger partial charge in [-0.3, -0.25) is 4.98 Å². The molecule has 3 aromatic heterocycles. The number of aromatic nitrogens is 4. The van der Waals surface area contributed by atoms with E-state index in [0.29, 0.717) is 17.9 Å². The van der Waals surface area contributed by atoms with Crippen molar-refractivity contribution in [2.45, 2.75) is 58.9 Å². The zero-order valence-corrected chi connectivity index (χ0v) is 19.2. The number of hydrogen-bond acceptors (Lipinski definition) is 8. The number of nitrogens with zero attached hydrogens (tertiary/aromatic N) is 4. The van der Waals surface area contributed by atoms with Crippen molar-refractivity contribution >= 4 is 33.3 Å². The predicted octanol–water partition coefficient (Wildman–Crippen LogP) is 4.47. The van der Waals surface area contributed by atoms with Gasteiger partial charge in [-0.1, -0.05) is 0 Å². The Morgan fingerprint density at radius 3 is 2.55 bits per heavy atom. The molecule has 2 saturated carbocycles. The molecule has 8 heteroatoms. The Bertz CT molecular complexity index is 1110. The highest BCUT2D eigenvalue weighted by atomic mass is 32.1. The van der Waals surface area contributed by atoms with E-state index in [4.69, 9.17) is 15.0 Å². The first-order valence-corrected chi connectivity index (χ1v) is 12.1. The Morgan fingerprint density at radius 2 is 1.81 bits per heavy atom. The van der Waals surface area contributed by atoms with Gasteiger partial charge in [0.2, 0.25) is 5.95 Å². The van der Waals surface area contributed by atoms with Crippen LogP contribution in [0.25, 0.3) is 20.8 Å². The Balaban J connectivity index is 1.53. The summed E-state index contributed by atoms with van der Waals surface area (Å²) < 4.78 is 1.11. The molecule has 3 heterocycles. The smallest absolute Gasteiger partial charge is 0.224 e. The minimum atomic E-state index is 0.255. The van der Waals surface area contributed by atoms with Crippen LogP contribution in [0.15, 0.2) is 6.07 Å². The molecule has 164 valence electrons. The van der Waals surface area contributed by atoms with Gasteiger partial charge in [-0.05, 0) is 70.8 Å². The number of aliphatic hydroxyl groups is 1. The number of thiazole rings is 1. The molecular weight excluding hydrogens is 408 g/mol. The van der Waals surface area contributed by atoms with E-state index in [9.17, 15) is 5.11 Å². The summed E-state index contributed by atoms with van der Waals surface area (Å²) in [5.74, 6) is 2.65. The third-order valence-electron chi connectivity index (χ3n) is 6.36. The second kappa shape index (κ2) is 8.31. The van der Waals surface area contributed by atoms with Crippen molar-refractivity contribution in [2.75, 3.05) is 23.8 Å². The van der Waals surface area contributed by atoms with E-state index in [1.54, 1.807) is 11.3 Å². The number of anilines is 2. The number of fused-ring (bicyclic) bond motifs is 1. The van der Waals surface area contributed by atoms with Gasteiger partial charge in [0.25, 0.3) is 0 Å². The van der Waals surface area contributed by atoms with E-state index in [1.807, 2.05) is 26.8 Å². The molecule has 0 bridgehead atoms. The molecule has 2 aliphatic carbocycles. The van der Waals surface area contributed by atoms with Gasteiger partial charge >= 0.3 is 0 Å². The van der Waals surface area contributed by atoms with Crippen LogP contribution in [0.4, 0.5) is 11.8 Å². The quantitative estimate of drug-likeness (QED) is 0.501. The van der Waals surface area contributed by atoms with E-state index >= 15 is 0 Å². The average Bonchev–Trinajstić information content (AvgIpc) is 3.29. The van der Waals surface area contributed by atoms with E-state index in [-0.39, 0.29) is 6.61 Å². The van der Waals surface area contributed by atoms with E-state index in [2.05, 4.69) is 15.6 Å². The fourth-order valence-corrected chi connectivity index (χ4v) is 5.56. The summed E-state index contributed by atoms with van der Waals surface area (Å²) in [6, 6.07) is 2.35. The molecule has 0 spiro atoms. The molecule has 2 atom stereocenters. The molecular formula is C23H30N6OS. The lowest BCUT2D eigenvalue weighted by molar-refractivity contribution is 0.229. The molecule has 31 heavy (non-hydrogen) atoms. The molecule has 5 rings (SSSR count). The van der Waals surface area contributed by atoms with E-state index in [0.717, 1.165) is 75.4 Å². The van der Waals surface area contributed by atoms with Gasteiger partial charge in [0.15, 0.2) is 0 Å². The molecule has 2 fully saturated rings. The number of aliphatic hydroxyl groups excluding tert-OH is 1. The van der Waals surface area contributed by atoms with Crippen molar-refractivity contribution in [3.05, 3.63) is 23.1 Å². The van der Waals surface area contributed by atoms with Crippen LogP contribution in [0.1, 0.15) is 49.2 Å². The lowest BCUT2D eigenvalue weighted by Crippen LogP contribution is -2.19. The largest absolute Gasteiger partial charge is 0.396 e. The minimum absolute atomic E-state index is 0.255. The zero-order chi connectivity index (χ0) is 21.5. The lowest BCUT2D eigenvalue weighted by Gasteiger charge is -2.18. The second-order valence-corrected chi connectivity index (χ2v) is 10.1. The predicted molar refractivity (Wildman–Crippen MR) is 126 cm³/mol. The van der Waals surface area contributed by atoms with Crippen LogP contribution in [0.3, 0.4) is 0 Å². The summed E-state index contributed by atoms with van der Waals surface area (Å²) in [7, 11) is 0. The summed E-state index contributed by atoms with van der Waals surface area (Å²) >= 11 is 1.66. The van der Waals surface area contributed by atoms with Crippen LogP contribution >= 0.6 is 11.3 Å². The third kappa shape index (κ3) is 4.36. The van der Waals surface area contributed by atoms with Crippen molar-refractivity contribution in [1.29, 1.82) is 0 Å². The van der Waals surface area contributed by atoms with Crippen LogP contribution in [0.2, 0.25) is 0 Å². The molecule has 2 aliphatic rings. The zero-order valence-electron chi connectivity index (χ0n) is 18.4. The molecule has 0 radical (unpaired) electrons. The molecule has 0 aromatic carbocycles. The van der Waals surface area contributed by atoms with Gasteiger partial charge in [-0.2, -0.15) is 4.98 Å². The topological polar surface area (TPSA) is 95.9 Å². The third-order valence-corrected chi connectivity index (χ3v) is 7.56. The van der Waals surface area contributed by atoms with Crippen molar-refractivity contribution in [3.8, 4) is 10.6 Å². The molecule has 0 saturated heterocycles. The standard InChI is InChI=1S/C23H30N6OS/c1-12-8-18-20(14(3)25-12)31-22(28-18)19-13(2)26-23(24-10-15-4-5-15)29-21(19)27-17-7-6-16(9-17)11-30/h8,15-17,30H,4-7,9-11H2,1-3H3,(H2,24,26,27,29)/t16-,17+/m1/s1. The van der Waals surface area contributed by atoms with Crippen LogP contribution in [0.5, 0.6) is 0 Å². The Labute approximate surface area is 186 Å². The maximum atomic E-state index is 9.55. The highest BCUT2D eigenvalue weighted by molar-refractivity contribution is 7.21. The number of aryl methyl sites for hydroxylation is 3. The first-order valence-electron chi connectivity index (χ1n) is 11.2. The monoisotopic (exact) mass is 438 g/mol. The van der Waals surface area contributed by atoms with Crippen molar-refractivity contribution < 1.29 is 5.11 Å². The summed E-state index contributed by atoms with van der Waals surface area (Å²) in [6.45, 7) is 7.27. The summed E-state index contributed by atoms with van der Waals surface area (Å²) in [5.41, 5.74) is 4.87. The highest BCUT2D eigenvalue weighted by Crippen LogP contribution is 2.39. The molecule has 0 amide bonds. The van der Waals surface area contributed by atoms with Crippen LogP contribution in [-0.2, 0) is 0 Å². The SMILES string of the molecule is Cc1cc2nc(-c3c(C)nc(NCC4CC4)nc3N[C@H]3CC[C@@H](CO)C3)sc2c(C)n1. The van der Waals surface area contributed by atoms with Gasteiger partial charge in [-0.25, -0.2) is 9.97 Å². The number of pyridine rings is 1. The fourth-order valence-electron chi connectivity index (χ4n) is 4.48. The molecule has 3 N–H and O–H groups in total. The molecule has 0 unspecified atom stereocenters. The Kier molecular flexibility index (Phi) is 5.52. The maximum Gasteiger partial charge on any atom is 0.224 e. The molecule has 3 aromatic rings. The van der Waals surface area contributed by atoms with Crippen LogP contribution < -0.4 is 10.6 Å². The Morgan fingerprint density at radius 1 is 1.00 bits per heavy atom.